The number of hydrogen-bond acceptors (Lipinski definition) is 5. The molecular formula is C21H24Cl2N4O2S. The number of rotatable bonds is 7. The van der Waals surface area contributed by atoms with Crippen LogP contribution >= 0.6 is 35.0 Å². The monoisotopic (exact) mass is 466 g/mol. The van der Waals surface area contributed by atoms with Crippen molar-refractivity contribution in [2.24, 2.45) is 0 Å². The van der Waals surface area contributed by atoms with Gasteiger partial charge in [-0.3, -0.25) is 9.59 Å². The third-order valence-corrected chi connectivity index (χ3v) is 6.16. The Morgan fingerprint density at radius 2 is 1.87 bits per heavy atom. The normalized spacial score (nSPS) is 15.0. The van der Waals surface area contributed by atoms with E-state index in [9.17, 15) is 9.59 Å². The summed E-state index contributed by atoms with van der Waals surface area (Å²) in [5.41, 5.74) is 0.375. The molecule has 1 unspecified atom stereocenters. The van der Waals surface area contributed by atoms with E-state index in [1.807, 2.05) is 23.3 Å². The van der Waals surface area contributed by atoms with Gasteiger partial charge in [-0.25, -0.2) is 4.98 Å². The predicted molar refractivity (Wildman–Crippen MR) is 124 cm³/mol. The zero-order valence-corrected chi connectivity index (χ0v) is 19.0. The molecule has 9 heteroatoms. The van der Waals surface area contributed by atoms with Gasteiger partial charge in [-0.05, 0) is 42.7 Å². The van der Waals surface area contributed by atoms with E-state index in [2.05, 4.69) is 15.2 Å². The number of carbonyl (C=O) groups is 2. The smallest absolute Gasteiger partial charge is 0.253 e. The van der Waals surface area contributed by atoms with Gasteiger partial charge in [0.25, 0.3) is 5.91 Å². The molecule has 1 saturated heterocycles. The lowest BCUT2D eigenvalue weighted by atomic mass is 10.1. The first-order valence-corrected chi connectivity index (χ1v) is 11.8. The SMILES string of the molecule is CSCCC(NC(=O)c1ccccc1Cl)C(=O)N1CCN(c2ccc(Cl)cn2)CC1. The first-order chi connectivity index (χ1) is 14.5. The molecule has 1 aromatic carbocycles. The zero-order valence-electron chi connectivity index (χ0n) is 16.7. The lowest BCUT2D eigenvalue weighted by Crippen LogP contribution is -2.55. The summed E-state index contributed by atoms with van der Waals surface area (Å²) in [4.78, 5) is 34.1. The minimum atomic E-state index is -0.582. The molecule has 1 aliphatic rings. The molecule has 0 saturated carbocycles. The van der Waals surface area contributed by atoms with Crippen molar-refractivity contribution in [2.75, 3.05) is 43.1 Å². The number of benzene rings is 1. The molecule has 160 valence electrons. The fraction of sp³-hybridized carbons (Fsp3) is 0.381. The summed E-state index contributed by atoms with van der Waals surface area (Å²) in [7, 11) is 0. The Balaban J connectivity index is 1.63. The topological polar surface area (TPSA) is 65.5 Å². The second kappa shape index (κ2) is 10.9. The molecule has 0 spiro atoms. The second-order valence-electron chi connectivity index (χ2n) is 6.93. The molecule has 1 atom stereocenters. The highest BCUT2D eigenvalue weighted by molar-refractivity contribution is 7.98. The lowest BCUT2D eigenvalue weighted by molar-refractivity contribution is -0.133. The van der Waals surface area contributed by atoms with E-state index in [0.717, 1.165) is 11.6 Å². The molecule has 2 heterocycles. The van der Waals surface area contributed by atoms with Gasteiger partial charge in [-0.1, -0.05) is 35.3 Å². The molecule has 3 rings (SSSR count). The number of anilines is 1. The van der Waals surface area contributed by atoms with Crippen molar-refractivity contribution in [3.05, 3.63) is 58.2 Å². The van der Waals surface area contributed by atoms with Crippen molar-refractivity contribution in [2.45, 2.75) is 12.5 Å². The highest BCUT2D eigenvalue weighted by Gasteiger charge is 2.29. The van der Waals surface area contributed by atoms with Crippen molar-refractivity contribution in [1.29, 1.82) is 0 Å². The van der Waals surface area contributed by atoms with E-state index >= 15 is 0 Å². The molecule has 0 aliphatic carbocycles. The van der Waals surface area contributed by atoms with Crippen molar-refractivity contribution in [1.82, 2.24) is 15.2 Å². The molecule has 1 N–H and O–H groups in total. The quantitative estimate of drug-likeness (QED) is 0.675. The Hall–Kier alpha value is -1.96. The van der Waals surface area contributed by atoms with Gasteiger partial charge in [-0.15, -0.1) is 0 Å². The Kier molecular flexibility index (Phi) is 8.24. The van der Waals surface area contributed by atoms with Gasteiger partial charge in [0.05, 0.1) is 15.6 Å². The Morgan fingerprint density at radius 3 is 2.50 bits per heavy atom. The second-order valence-corrected chi connectivity index (χ2v) is 8.76. The van der Waals surface area contributed by atoms with E-state index in [-0.39, 0.29) is 11.8 Å². The van der Waals surface area contributed by atoms with Gasteiger partial charge in [0.2, 0.25) is 5.91 Å². The van der Waals surface area contributed by atoms with Crippen LogP contribution < -0.4 is 10.2 Å². The maximum atomic E-state index is 13.2. The van der Waals surface area contributed by atoms with Gasteiger partial charge in [0.1, 0.15) is 11.9 Å². The average Bonchev–Trinajstić information content (AvgIpc) is 2.77. The van der Waals surface area contributed by atoms with E-state index in [1.54, 1.807) is 42.2 Å². The van der Waals surface area contributed by atoms with Gasteiger partial charge in [0.15, 0.2) is 0 Å². The maximum absolute atomic E-state index is 13.2. The minimum absolute atomic E-state index is 0.0619. The molecule has 2 aromatic rings. The van der Waals surface area contributed by atoms with Crippen molar-refractivity contribution in [3.8, 4) is 0 Å². The number of piperazine rings is 1. The van der Waals surface area contributed by atoms with Crippen LogP contribution in [0.3, 0.4) is 0 Å². The average molecular weight is 467 g/mol. The first-order valence-electron chi connectivity index (χ1n) is 9.69. The number of carbonyl (C=O) groups excluding carboxylic acids is 2. The van der Waals surface area contributed by atoms with Crippen LogP contribution in [0, 0.1) is 0 Å². The van der Waals surface area contributed by atoms with Crippen molar-refractivity contribution >= 4 is 52.6 Å². The summed E-state index contributed by atoms with van der Waals surface area (Å²) in [6, 6.07) is 9.95. The van der Waals surface area contributed by atoms with Crippen LogP contribution in [0.5, 0.6) is 0 Å². The van der Waals surface area contributed by atoms with Gasteiger partial charge >= 0.3 is 0 Å². The summed E-state index contributed by atoms with van der Waals surface area (Å²) < 4.78 is 0. The summed E-state index contributed by atoms with van der Waals surface area (Å²) >= 11 is 13.7. The van der Waals surface area contributed by atoms with Gasteiger partial charge in [-0.2, -0.15) is 11.8 Å². The fourth-order valence-corrected chi connectivity index (χ4v) is 4.11. The number of aromatic nitrogens is 1. The van der Waals surface area contributed by atoms with Gasteiger partial charge in [0, 0.05) is 32.4 Å². The molecule has 6 nitrogen and oxygen atoms in total. The van der Waals surface area contributed by atoms with Crippen LogP contribution in [0.1, 0.15) is 16.8 Å². The summed E-state index contributed by atoms with van der Waals surface area (Å²) in [6.07, 6.45) is 4.17. The van der Waals surface area contributed by atoms with Crippen LogP contribution in [0.2, 0.25) is 10.0 Å². The predicted octanol–water partition coefficient (Wildman–Crippen LogP) is 3.59. The van der Waals surface area contributed by atoms with Crippen molar-refractivity contribution in [3.63, 3.8) is 0 Å². The largest absolute Gasteiger partial charge is 0.353 e. The molecule has 30 heavy (non-hydrogen) atoms. The standard InChI is InChI=1S/C21H24Cl2N4O2S/c1-30-13-8-18(25-20(28)16-4-2-3-5-17(16)23)21(29)27-11-9-26(10-12-27)19-7-6-15(22)14-24-19/h2-7,14,18H,8-13H2,1H3,(H,25,28). The fourth-order valence-electron chi connectivity index (χ4n) is 3.31. The highest BCUT2D eigenvalue weighted by Crippen LogP contribution is 2.18. The summed E-state index contributed by atoms with van der Waals surface area (Å²) in [5, 5.41) is 3.85. The van der Waals surface area contributed by atoms with E-state index in [0.29, 0.717) is 48.2 Å². The Labute approximate surface area is 190 Å². The van der Waals surface area contributed by atoms with Crippen LogP contribution in [0.25, 0.3) is 0 Å². The number of amides is 2. The number of pyridine rings is 1. The van der Waals surface area contributed by atoms with Crippen LogP contribution in [0.4, 0.5) is 5.82 Å². The number of nitrogens with one attached hydrogen (secondary N) is 1. The molecule has 1 aliphatic heterocycles. The molecule has 1 fully saturated rings. The third kappa shape index (κ3) is 5.80. The van der Waals surface area contributed by atoms with Crippen molar-refractivity contribution < 1.29 is 9.59 Å². The summed E-state index contributed by atoms with van der Waals surface area (Å²) in [6.45, 7) is 2.49. The van der Waals surface area contributed by atoms with Crippen LogP contribution in [-0.2, 0) is 4.79 Å². The minimum Gasteiger partial charge on any atom is -0.353 e. The molecule has 2 amide bonds. The lowest BCUT2D eigenvalue weighted by Gasteiger charge is -2.37. The number of thioether (sulfide) groups is 1. The summed E-state index contributed by atoms with van der Waals surface area (Å²) in [5.74, 6) is 1.23. The third-order valence-electron chi connectivity index (χ3n) is 4.96. The zero-order chi connectivity index (χ0) is 21.5. The Morgan fingerprint density at radius 1 is 1.13 bits per heavy atom. The first kappa shape index (κ1) is 22.7. The number of nitrogens with zero attached hydrogens (tertiary/aromatic N) is 3. The van der Waals surface area contributed by atoms with E-state index < -0.39 is 6.04 Å². The molecular weight excluding hydrogens is 443 g/mol. The van der Waals surface area contributed by atoms with Gasteiger partial charge < -0.3 is 15.1 Å². The number of hydrogen-bond donors (Lipinski definition) is 1. The maximum Gasteiger partial charge on any atom is 0.253 e. The number of halogens is 2. The molecule has 0 radical (unpaired) electrons. The van der Waals surface area contributed by atoms with Crippen LogP contribution in [0.15, 0.2) is 42.6 Å². The van der Waals surface area contributed by atoms with Crippen LogP contribution in [-0.4, -0.2) is 65.9 Å². The van der Waals surface area contributed by atoms with E-state index in [1.165, 1.54) is 0 Å². The Bertz CT molecular complexity index is 874. The van der Waals surface area contributed by atoms with E-state index in [4.69, 9.17) is 23.2 Å². The molecule has 0 bridgehead atoms. The molecule has 1 aromatic heterocycles. The highest BCUT2D eigenvalue weighted by atomic mass is 35.5.